The predicted octanol–water partition coefficient (Wildman–Crippen LogP) is 2.02. The van der Waals surface area contributed by atoms with Crippen LogP contribution in [0.3, 0.4) is 0 Å². The molecule has 0 aliphatic heterocycles. The van der Waals surface area contributed by atoms with Crippen LogP contribution in [0.1, 0.15) is 48.0 Å². The Balaban J connectivity index is 1.75. The Labute approximate surface area is 140 Å². The van der Waals surface area contributed by atoms with Gasteiger partial charge in [-0.25, -0.2) is 9.59 Å². The molecule has 1 aromatic carbocycles. The number of rotatable bonds is 4. The number of aryl methyl sites for hydroxylation is 1. The van der Waals surface area contributed by atoms with Crippen LogP contribution in [-0.2, 0) is 9.53 Å². The van der Waals surface area contributed by atoms with Gasteiger partial charge in [0, 0.05) is 6.04 Å². The summed E-state index contributed by atoms with van der Waals surface area (Å²) in [7, 11) is 0. The lowest BCUT2D eigenvalue weighted by atomic mass is 9.96. The van der Waals surface area contributed by atoms with E-state index in [2.05, 4.69) is 10.6 Å². The van der Waals surface area contributed by atoms with Gasteiger partial charge in [-0.05, 0) is 37.5 Å². The molecule has 130 valence electrons. The third-order valence-corrected chi connectivity index (χ3v) is 3.90. The molecule has 0 saturated heterocycles. The van der Waals surface area contributed by atoms with Crippen LogP contribution in [0.15, 0.2) is 18.2 Å². The zero-order valence-corrected chi connectivity index (χ0v) is 13.6. The van der Waals surface area contributed by atoms with Crippen LogP contribution in [0.4, 0.5) is 4.79 Å². The Morgan fingerprint density at radius 1 is 1.21 bits per heavy atom. The average molecular weight is 334 g/mol. The summed E-state index contributed by atoms with van der Waals surface area (Å²) in [4.78, 5) is 35.2. The normalized spacial score (nSPS) is 14.7. The van der Waals surface area contributed by atoms with E-state index in [-0.39, 0.29) is 17.4 Å². The van der Waals surface area contributed by atoms with Gasteiger partial charge >= 0.3 is 12.0 Å². The molecule has 0 radical (unpaired) electrons. The predicted molar refractivity (Wildman–Crippen MR) is 86.7 cm³/mol. The Kier molecular flexibility index (Phi) is 6.17. The third-order valence-electron chi connectivity index (χ3n) is 3.90. The molecular weight excluding hydrogens is 312 g/mol. The van der Waals surface area contributed by atoms with E-state index in [0.29, 0.717) is 0 Å². The van der Waals surface area contributed by atoms with Crippen LogP contribution in [0.25, 0.3) is 0 Å². The number of imide groups is 1. The van der Waals surface area contributed by atoms with Crippen molar-refractivity contribution in [2.45, 2.75) is 45.1 Å². The number of phenols is 1. The molecule has 0 spiro atoms. The lowest BCUT2D eigenvalue weighted by Gasteiger charge is -2.22. The number of urea groups is 1. The fourth-order valence-electron chi connectivity index (χ4n) is 2.65. The second-order valence-corrected chi connectivity index (χ2v) is 5.95. The van der Waals surface area contributed by atoms with E-state index in [1.54, 1.807) is 13.0 Å². The van der Waals surface area contributed by atoms with E-state index in [1.165, 1.54) is 18.6 Å². The third kappa shape index (κ3) is 5.26. The maximum Gasteiger partial charge on any atom is 0.342 e. The van der Waals surface area contributed by atoms with E-state index in [4.69, 9.17) is 4.74 Å². The highest BCUT2D eigenvalue weighted by molar-refractivity contribution is 5.97. The fraction of sp³-hybridized carbons (Fsp3) is 0.471. The number of hydrogen-bond acceptors (Lipinski definition) is 5. The van der Waals surface area contributed by atoms with Gasteiger partial charge in [0.1, 0.15) is 11.3 Å². The van der Waals surface area contributed by atoms with Crippen LogP contribution in [-0.4, -0.2) is 35.7 Å². The molecule has 0 aromatic heterocycles. The lowest BCUT2D eigenvalue weighted by Crippen LogP contribution is -2.46. The van der Waals surface area contributed by atoms with Crippen LogP contribution in [0, 0.1) is 6.92 Å². The van der Waals surface area contributed by atoms with Gasteiger partial charge in [0.15, 0.2) is 6.61 Å². The van der Waals surface area contributed by atoms with Gasteiger partial charge in [-0.1, -0.05) is 25.3 Å². The van der Waals surface area contributed by atoms with Crippen LogP contribution >= 0.6 is 0 Å². The van der Waals surface area contributed by atoms with Crippen molar-refractivity contribution in [2.24, 2.45) is 0 Å². The summed E-state index contributed by atoms with van der Waals surface area (Å²) < 4.78 is 4.81. The molecule has 1 aliphatic carbocycles. The number of hydrogen-bond donors (Lipinski definition) is 3. The Morgan fingerprint density at radius 3 is 2.58 bits per heavy atom. The highest BCUT2D eigenvalue weighted by Crippen LogP contribution is 2.19. The number of carbonyl (C=O) groups is 3. The molecule has 0 heterocycles. The Hall–Kier alpha value is -2.57. The first kappa shape index (κ1) is 17.8. The zero-order valence-electron chi connectivity index (χ0n) is 13.6. The minimum atomic E-state index is -0.824. The van der Waals surface area contributed by atoms with E-state index in [1.807, 2.05) is 0 Å². The number of nitrogens with one attached hydrogen (secondary N) is 2. The number of ether oxygens (including phenoxy) is 1. The summed E-state index contributed by atoms with van der Waals surface area (Å²) >= 11 is 0. The van der Waals surface area contributed by atoms with Crippen molar-refractivity contribution in [1.82, 2.24) is 10.6 Å². The molecule has 0 atom stereocenters. The first-order chi connectivity index (χ1) is 11.5. The molecule has 1 fully saturated rings. The lowest BCUT2D eigenvalue weighted by molar-refractivity contribution is -0.123. The van der Waals surface area contributed by atoms with Crippen molar-refractivity contribution >= 4 is 17.9 Å². The minimum Gasteiger partial charge on any atom is -0.507 e. The molecule has 24 heavy (non-hydrogen) atoms. The van der Waals surface area contributed by atoms with Crippen LogP contribution < -0.4 is 10.6 Å². The molecule has 7 nitrogen and oxygen atoms in total. The van der Waals surface area contributed by atoms with Gasteiger partial charge in [-0.2, -0.15) is 0 Å². The number of phenolic OH excluding ortho intramolecular Hbond substituents is 1. The van der Waals surface area contributed by atoms with E-state index >= 15 is 0 Å². The Morgan fingerprint density at radius 2 is 1.92 bits per heavy atom. The number of esters is 1. The highest BCUT2D eigenvalue weighted by Gasteiger charge is 2.18. The molecular formula is C17H22N2O5. The van der Waals surface area contributed by atoms with Crippen LogP contribution in [0.5, 0.6) is 5.75 Å². The van der Waals surface area contributed by atoms with Gasteiger partial charge in [0.25, 0.3) is 5.91 Å². The van der Waals surface area contributed by atoms with Gasteiger partial charge in [-0.3, -0.25) is 10.1 Å². The van der Waals surface area contributed by atoms with Gasteiger partial charge < -0.3 is 15.2 Å². The molecule has 3 amide bonds. The minimum absolute atomic E-state index is 0.0277. The Bertz CT molecular complexity index is 623. The number of aromatic hydroxyl groups is 1. The smallest absolute Gasteiger partial charge is 0.342 e. The molecule has 1 aliphatic rings. The monoisotopic (exact) mass is 334 g/mol. The largest absolute Gasteiger partial charge is 0.507 e. The molecule has 7 heteroatoms. The summed E-state index contributed by atoms with van der Waals surface area (Å²) in [5.41, 5.74) is 0.765. The van der Waals surface area contributed by atoms with Crippen molar-refractivity contribution in [3.8, 4) is 5.75 Å². The van der Waals surface area contributed by atoms with Crippen molar-refractivity contribution in [1.29, 1.82) is 0 Å². The number of carbonyl (C=O) groups excluding carboxylic acids is 3. The quantitative estimate of drug-likeness (QED) is 0.731. The second-order valence-electron chi connectivity index (χ2n) is 5.95. The maximum atomic E-state index is 11.8. The molecule has 1 aromatic rings. The molecule has 0 bridgehead atoms. The SMILES string of the molecule is Cc1ccc(C(=O)OCC(=O)NC(=O)NC2CCCCC2)c(O)c1. The summed E-state index contributed by atoms with van der Waals surface area (Å²) in [6.07, 6.45) is 5.11. The van der Waals surface area contributed by atoms with Gasteiger partial charge in [0.05, 0.1) is 0 Å². The molecule has 0 unspecified atom stereocenters. The molecule has 2 rings (SSSR count). The van der Waals surface area contributed by atoms with Crippen molar-refractivity contribution < 1.29 is 24.2 Å². The van der Waals surface area contributed by atoms with Crippen LogP contribution in [0.2, 0.25) is 0 Å². The summed E-state index contributed by atoms with van der Waals surface area (Å²) in [6.45, 7) is 1.18. The van der Waals surface area contributed by atoms with Crippen molar-refractivity contribution in [3.63, 3.8) is 0 Å². The summed E-state index contributed by atoms with van der Waals surface area (Å²) in [5.74, 6) is -1.76. The fourth-order valence-corrected chi connectivity index (χ4v) is 2.65. The average Bonchev–Trinajstić information content (AvgIpc) is 2.53. The van der Waals surface area contributed by atoms with E-state index in [9.17, 15) is 19.5 Å². The summed E-state index contributed by atoms with van der Waals surface area (Å²) in [5, 5.41) is 14.6. The van der Waals surface area contributed by atoms with Gasteiger partial charge in [0.2, 0.25) is 0 Å². The topological polar surface area (TPSA) is 105 Å². The molecule has 3 N–H and O–H groups in total. The van der Waals surface area contributed by atoms with Gasteiger partial charge in [-0.15, -0.1) is 0 Å². The standard InChI is InChI=1S/C17H22N2O5/c1-11-7-8-13(14(20)9-11)16(22)24-10-15(21)19-17(23)18-12-5-3-2-4-6-12/h7-9,12,20H,2-6,10H2,1H3,(H2,18,19,21,23). The number of amides is 3. The first-order valence-electron chi connectivity index (χ1n) is 8.03. The van der Waals surface area contributed by atoms with E-state index < -0.39 is 24.5 Å². The summed E-state index contributed by atoms with van der Waals surface area (Å²) in [6, 6.07) is 3.99. The molecule has 1 saturated carbocycles. The zero-order chi connectivity index (χ0) is 17.5. The highest BCUT2D eigenvalue weighted by atomic mass is 16.5. The number of benzene rings is 1. The van der Waals surface area contributed by atoms with Crippen molar-refractivity contribution in [2.75, 3.05) is 6.61 Å². The maximum absolute atomic E-state index is 11.8. The first-order valence-corrected chi connectivity index (χ1v) is 8.03. The second kappa shape index (κ2) is 8.33. The van der Waals surface area contributed by atoms with Crippen molar-refractivity contribution in [3.05, 3.63) is 29.3 Å². The van der Waals surface area contributed by atoms with E-state index in [0.717, 1.165) is 31.2 Å².